The molecule has 3 heterocycles. The predicted molar refractivity (Wildman–Crippen MR) is 136 cm³/mol. The second-order valence-corrected chi connectivity index (χ2v) is 11.6. The van der Waals surface area contributed by atoms with Gasteiger partial charge in [0.2, 0.25) is 5.91 Å². The van der Waals surface area contributed by atoms with Crippen LogP contribution in [0.3, 0.4) is 0 Å². The van der Waals surface area contributed by atoms with Gasteiger partial charge in [-0.3, -0.25) is 19.0 Å². The number of carbonyl (C=O) groups is 2. The third-order valence-corrected chi connectivity index (χ3v) is 8.98. The molecule has 0 atom stereocenters. The molecule has 2 aliphatic rings. The smallest absolute Gasteiger partial charge is 0.263 e. The second-order valence-electron chi connectivity index (χ2n) is 9.38. The van der Waals surface area contributed by atoms with Gasteiger partial charge in [0.1, 0.15) is 22.2 Å². The number of nitrogens with two attached hydrogens (primary N) is 1. The number of aromatic nitrogens is 2. The number of hydrogen-bond donors (Lipinski definition) is 2. The first kappa shape index (κ1) is 23.2. The summed E-state index contributed by atoms with van der Waals surface area (Å²) >= 11 is 3.04. The molecule has 0 aromatic carbocycles. The maximum absolute atomic E-state index is 13.6. The Morgan fingerprint density at radius 2 is 1.68 bits per heavy atom. The molecule has 0 saturated carbocycles. The summed E-state index contributed by atoms with van der Waals surface area (Å²) < 4.78 is 1.50. The molecule has 180 valence electrons. The fourth-order valence-electron chi connectivity index (χ4n) is 5.07. The molecule has 2 aliphatic carbocycles. The first-order chi connectivity index (χ1) is 16.3. The number of rotatable bonds is 6. The minimum absolute atomic E-state index is 0.156. The largest absolute Gasteiger partial charge is 0.365 e. The summed E-state index contributed by atoms with van der Waals surface area (Å²) in [7, 11) is 3.82. The van der Waals surface area contributed by atoms with Crippen LogP contribution in [0.4, 0.5) is 5.00 Å². The lowest BCUT2D eigenvalue weighted by atomic mass is 9.95. The van der Waals surface area contributed by atoms with Crippen LogP contribution in [-0.4, -0.2) is 40.4 Å². The molecule has 34 heavy (non-hydrogen) atoms. The first-order valence-corrected chi connectivity index (χ1v) is 13.4. The van der Waals surface area contributed by atoms with Crippen molar-refractivity contribution >= 4 is 49.7 Å². The van der Waals surface area contributed by atoms with Crippen molar-refractivity contribution in [2.24, 2.45) is 5.73 Å². The van der Waals surface area contributed by atoms with Crippen molar-refractivity contribution in [2.75, 3.05) is 19.4 Å². The highest BCUT2D eigenvalue weighted by atomic mass is 32.1. The van der Waals surface area contributed by atoms with Crippen LogP contribution >= 0.6 is 22.7 Å². The van der Waals surface area contributed by atoms with Crippen LogP contribution in [0.5, 0.6) is 0 Å². The number of aryl methyl sites for hydroxylation is 3. The van der Waals surface area contributed by atoms with Gasteiger partial charge in [0.05, 0.1) is 17.5 Å². The van der Waals surface area contributed by atoms with Gasteiger partial charge in [0.15, 0.2) is 0 Å². The van der Waals surface area contributed by atoms with Crippen molar-refractivity contribution in [3.63, 3.8) is 0 Å². The number of amides is 2. The van der Waals surface area contributed by atoms with Crippen LogP contribution < -0.4 is 16.6 Å². The standard InChI is InChI=1S/C24H29N5O3S2/c1-28(2)11-17-26-23-20(14-8-4-6-10-16(14)34-23)24(32)29(17)12-18(30)27-22-19(21(25)31)13-7-3-5-9-15(13)33-22/h3-12H2,1-2H3,(H2,25,31)(H,27,30). The molecule has 10 heteroatoms. The van der Waals surface area contributed by atoms with E-state index in [1.165, 1.54) is 20.8 Å². The van der Waals surface area contributed by atoms with Crippen LogP contribution in [0, 0.1) is 0 Å². The van der Waals surface area contributed by atoms with Crippen molar-refractivity contribution in [1.82, 2.24) is 14.5 Å². The number of fused-ring (bicyclic) bond motifs is 4. The van der Waals surface area contributed by atoms with Gasteiger partial charge in [-0.2, -0.15) is 0 Å². The summed E-state index contributed by atoms with van der Waals surface area (Å²) in [6.45, 7) is 0.289. The zero-order valence-corrected chi connectivity index (χ0v) is 21.2. The molecule has 3 aromatic heterocycles. The van der Waals surface area contributed by atoms with Gasteiger partial charge in [-0.25, -0.2) is 4.98 Å². The maximum atomic E-state index is 13.6. The monoisotopic (exact) mass is 499 g/mol. The van der Waals surface area contributed by atoms with Gasteiger partial charge in [-0.1, -0.05) is 0 Å². The van der Waals surface area contributed by atoms with E-state index in [0.717, 1.165) is 72.2 Å². The molecule has 0 saturated heterocycles. The van der Waals surface area contributed by atoms with Crippen molar-refractivity contribution < 1.29 is 9.59 Å². The van der Waals surface area contributed by atoms with Crippen LogP contribution in [-0.2, 0) is 43.6 Å². The van der Waals surface area contributed by atoms with Crippen LogP contribution in [0.25, 0.3) is 10.2 Å². The van der Waals surface area contributed by atoms with Crippen molar-refractivity contribution in [3.8, 4) is 0 Å². The number of nitrogens with one attached hydrogen (secondary N) is 1. The summed E-state index contributed by atoms with van der Waals surface area (Å²) in [5.41, 5.74) is 8.02. The van der Waals surface area contributed by atoms with E-state index >= 15 is 0 Å². The molecular formula is C24H29N5O3S2. The zero-order valence-electron chi connectivity index (χ0n) is 19.5. The van der Waals surface area contributed by atoms with E-state index in [2.05, 4.69) is 5.32 Å². The minimum atomic E-state index is -0.520. The average Bonchev–Trinajstić information content (AvgIpc) is 3.33. The number of anilines is 1. The molecule has 5 rings (SSSR count). The van der Waals surface area contributed by atoms with E-state index < -0.39 is 5.91 Å². The van der Waals surface area contributed by atoms with Gasteiger partial charge < -0.3 is 16.0 Å². The molecule has 8 nitrogen and oxygen atoms in total. The van der Waals surface area contributed by atoms with Crippen molar-refractivity contribution in [1.29, 1.82) is 0 Å². The van der Waals surface area contributed by atoms with Gasteiger partial charge in [-0.05, 0) is 76.6 Å². The fraction of sp³-hybridized carbons (Fsp3) is 0.500. The lowest BCUT2D eigenvalue weighted by Gasteiger charge is -2.16. The molecule has 0 aliphatic heterocycles. The zero-order chi connectivity index (χ0) is 24.0. The highest BCUT2D eigenvalue weighted by molar-refractivity contribution is 7.18. The normalized spacial score (nSPS) is 15.4. The molecule has 0 radical (unpaired) electrons. The summed E-state index contributed by atoms with van der Waals surface area (Å²) in [6, 6.07) is 0. The van der Waals surface area contributed by atoms with Crippen LogP contribution in [0.15, 0.2) is 4.79 Å². The van der Waals surface area contributed by atoms with E-state index in [1.807, 2.05) is 19.0 Å². The van der Waals surface area contributed by atoms with Gasteiger partial charge in [-0.15, -0.1) is 22.7 Å². The molecule has 0 bridgehead atoms. The Hall–Kier alpha value is -2.56. The Morgan fingerprint density at radius 3 is 2.35 bits per heavy atom. The SMILES string of the molecule is CN(C)Cc1nc2sc3c(c2c(=O)n1CC(=O)Nc1sc2c(c1C(N)=O)CCCC2)CCCC3. The molecule has 3 N–H and O–H groups in total. The minimum Gasteiger partial charge on any atom is -0.365 e. The predicted octanol–water partition coefficient (Wildman–Crippen LogP) is 3.08. The highest BCUT2D eigenvalue weighted by Gasteiger charge is 2.26. The summed E-state index contributed by atoms with van der Waals surface area (Å²) in [5, 5.41) is 4.05. The van der Waals surface area contributed by atoms with E-state index in [0.29, 0.717) is 28.3 Å². The Kier molecular flexibility index (Phi) is 6.30. The molecule has 0 unspecified atom stereocenters. The molecule has 0 fully saturated rings. The topological polar surface area (TPSA) is 110 Å². The Morgan fingerprint density at radius 1 is 1.03 bits per heavy atom. The average molecular weight is 500 g/mol. The highest BCUT2D eigenvalue weighted by Crippen LogP contribution is 2.38. The van der Waals surface area contributed by atoms with Gasteiger partial charge in [0.25, 0.3) is 11.5 Å². The summed E-state index contributed by atoms with van der Waals surface area (Å²) in [6.07, 6.45) is 7.84. The van der Waals surface area contributed by atoms with Crippen molar-refractivity contribution in [3.05, 3.63) is 42.6 Å². The summed E-state index contributed by atoms with van der Waals surface area (Å²) in [4.78, 5) is 48.9. The molecule has 0 spiro atoms. The third kappa shape index (κ3) is 4.18. The Balaban J connectivity index is 1.51. The van der Waals surface area contributed by atoms with E-state index in [-0.39, 0.29) is 18.0 Å². The van der Waals surface area contributed by atoms with E-state index in [4.69, 9.17) is 10.7 Å². The number of hydrogen-bond acceptors (Lipinski definition) is 7. The van der Waals surface area contributed by atoms with Gasteiger partial charge >= 0.3 is 0 Å². The van der Waals surface area contributed by atoms with Crippen molar-refractivity contribution in [2.45, 2.75) is 64.5 Å². The van der Waals surface area contributed by atoms with Gasteiger partial charge in [0, 0.05) is 9.75 Å². The number of primary amides is 1. The van der Waals surface area contributed by atoms with Crippen LogP contribution in [0.2, 0.25) is 0 Å². The van der Waals surface area contributed by atoms with E-state index in [1.54, 1.807) is 11.3 Å². The Bertz CT molecular complexity index is 1350. The van der Waals surface area contributed by atoms with E-state index in [9.17, 15) is 14.4 Å². The second kappa shape index (κ2) is 9.24. The first-order valence-electron chi connectivity index (χ1n) is 11.8. The number of thiophene rings is 2. The lowest BCUT2D eigenvalue weighted by molar-refractivity contribution is -0.116. The molecular weight excluding hydrogens is 470 g/mol. The summed E-state index contributed by atoms with van der Waals surface area (Å²) in [5.74, 6) is -0.307. The number of carbonyl (C=O) groups excluding carboxylic acids is 2. The maximum Gasteiger partial charge on any atom is 0.263 e. The quantitative estimate of drug-likeness (QED) is 0.542. The lowest BCUT2D eigenvalue weighted by Crippen LogP contribution is -2.33. The van der Waals surface area contributed by atoms with Crippen LogP contribution in [0.1, 0.15) is 62.7 Å². The third-order valence-electron chi connectivity index (χ3n) is 6.58. The Labute approximate surface area is 205 Å². The number of nitrogens with zero attached hydrogens (tertiary/aromatic N) is 3. The molecule has 2 amide bonds. The fourth-order valence-corrected chi connectivity index (χ4v) is 7.65. The molecule has 3 aromatic rings.